The van der Waals surface area contributed by atoms with Crippen molar-refractivity contribution in [2.24, 2.45) is 0 Å². The number of benzene rings is 1. The van der Waals surface area contributed by atoms with Gasteiger partial charge < -0.3 is 19.3 Å². The predicted molar refractivity (Wildman–Crippen MR) is 134 cm³/mol. The highest BCUT2D eigenvalue weighted by atomic mass is 19.1. The summed E-state index contributed by atoms with van der Waals surface area (Å²) in [7, 11) is 2.89. The molecule has 0 unspecified atom stereocenters. The van der Waals surface area contributed by atoms with Crippen LogP contribution < -0.4 is 9.64 Å². The number of urea groups is 1. The van der Waals surface area contributed by atoms with Gasteiger partial charge in [0, 0.05) is 37.0 Å². The Balaban J connectivity index is 1.49. The van der Waals surface area contributed by atoms with Gasteiger partial charge in [-0.15, -0.1) is 0 Å². The maximum Gasteiger partial charge on any atom is 0.409 e. The molecular weight excluding hydrogens is 479 g/mol. The zero-order valence-corrected chi connectivity index (χ0v) is 21.0. The molecule has 0 aliphatic carbocycles. The summed E-state index contributed by atoms with van der Waals surface area (Å²) in [4.78, 5) is 35.8. The van der Waals surface area contributed by atoms with E-state index in [9.17, 15) is 14.0 Å². The molecule has 3 amide bonds. The number of hydrogen-bond acceptors (Lipinski definition) is 6. The molecule has 5 rings (SSSR count). The normalized spacial score (nSPS) is 17.0. The van der Waals surface area contributed by atoms with Gasteiger partial charge in [0.25, 0.3) is 0 Å². The van der Waals surface area contributed by atoms with Crippen molar-refractivity contribution in [3.8, 4) is 17.0 Å². The second-order valence-corrected chi connectivity index (χ2v) is 9.37. The fraction of sp³-hybridized carbons (Fsp3) is 0.385. The fourth-order valence-electron chi connectivity index (χ4n) is 5.22. The quantitative estimate of drug-likeness (QED) is 0.559. The highest BCUT2D eigenvalue weighted by Crippen LogP contribution is 2.40. The van der Waals surface area contributed by atoms with E-state index in [1.807, 2.05) is 17.0 Å². The first-order chi connectivity index (χ1) is 17.9. The third-order valence-corrected chi connectivity index (χ3v) is 7.45. The zero-order valence-electron chi connectivity index (χ0n) is 21.0. The van der Waals surface area contributed by atoms with Crippen LogP contribution in [0.2, 0.25) is 0 Å². The molecule has 4 heterocycles. The van der Waals surface area contributed by atoms with Crippen molar-refractivity contribution < 1.29 is 23.5 Å². The van der Waals surface area contributed by atoms with E-state index in [4.69, 9.17) is 9.47 Å². The number of nitrogens with zero attached hydrogens (tertiary/aromatic N) is 5. The van der Waals surface area contributed by atoms with E-state index in [2.05, 4.69) is 15.2 Å². The second kappa shape index (κ2) is 9.72. The molecule has 11 heteroatoms. The van der Waals surface area contributed by atoms with Gasteiger partial charge in [-0.05, 0) is 49.1 Å². The van der Waals surface area contributed by atoms with Crippen LogP contribution in [0.4, 0.5) is 19.8 Å². The van der Waals surface area contributed by atoms with Gasteiger partial charge in [-0.3, -0.25) is 10.00 Å². The number of H-pyrrole nitrogens is 1. The van der Waals surface area contributed by atoms with Crippen LogP contribution in [0.15, 0.2) is 42.7 Å². The molecule has 2 saturated heterocycles. The summed E-state index contributed by atoms with van der Waals surface area (Å²) in [6.45, 7) is 3.25. The van der Waals surface area contributed by atoms with Gasteiger partial charge in [0.1, 0.15) is 11.6 Å². The van der Waals surface area contributed by atoms with E-state index >= 15 is 0 Å². The van der Waals surface area contributed by atoms with E-state index < -0.39 is 5.54 Å². The average molecular weight is 509 g/mol. The molecule has 2 aliphatic heterocycles. The number of carbonyl (C=O) groups excluding carboxylic acids is 2. The molecule has 0 bridgehead atoms. The molecule has 0 atom stereocenters. The molecule has 2 aliphatic rings. The number of carbonyl (C=O) groups is 2. The van der Waals surface area contributed by atoms with Gasteiger partial charge in [-0.25, -0.2) is 14.0 Å². The van der Waals surface area contributed by atoms with E-state index in [0.717, 1.165) is 16.7 Å². The van der Waals surface area contributed by atoms with Gasteiger partial charge in [-0.2, -0.15) is 10.1 Å². The minimum absolute atomic E-state index is 0.221. The molecule has 1 aromatic carbocycles. The Morgan fingerprint density at radius 2 is 1.97 bits per heavy atom. The topological polar surface area (TPSA) is 104 Å². The molecular formula is C26H29FN6O4. The highest BCUT2D eigenvalue weighted by Gasteiger charge is 2.52. The summed E-state index contributed by atoms with van der Waals surface area (Å²) < 4.78 is 24.8. The number of methoxy groups -OCH3 is 2. The maximum absolute atomic E-state index is 14.3. The molecule has 0 radical (unpaired) electrons. The van der Waals surface area contributed by atoms with Crippen LogP contribution in [0.5, 0.6) is 5.88 Å². The van der Waals surface area contributed by atoms with Crippen LogP contribution in [0, 0.1) is 12.7 Å². The number of likely N-dealkylation sites (tertiary alicyclic amines) is 1. The molecule has 1 spiro atoms. The number of nitrogens with one attached hydrogen (secondary N) is 1. The lowest BCUT2D eigenvalue weighted by Gasteiger charge is -2.43. The lowest BCUT2D eigenvalue weighted by atomic mass is 9.86. The Bertz CT molecular complexity index is 1310. The number of rotatable bonds is 5. The number of aromatic nitrogens is 3. The molecule has 37 heavy (non-hydrogen) atoms. The number of hydrogen-bond donors (Lipinski definition) is 1. The van der Waals surface area contributed by atoms with Crippen LogP contribution in [-0.4, -0.2) is 76.5 Å². The van der Waals surface area contributed by atoms with Crippen LogP contribution >= 0.6 is 0 Å². The molecule has 3 aromatic rings. The average Bonchev–Trinajstić information content (AvgIpc) is 3.54. The third kappa shape index (κ3) is 4.34. The van der Waals surface area contributed by atoms with Crippen molar-refractivity contribution in [1.82, 2.24) is 25.0 Å². The number of piperidine rings is 1. The summed E-state index contributed by atoms with van der Waals surface area (Å²) in [5.41, 5.74) is 2.27. The minimum atomic E-state index is -0.557. The largest absolute Gasteiger partial charge is 0.480 e. The Morgan fingerprint density at radius 3 is 2.65 bits per heavy atom. The zero-order chi connectivity index (χ0) is 26.2. The minimum Gasteiger partial charge on any atom is -0.480 e. The van der Waals surface area contributed by atoms with Crippen molar-refractivity contribution in [2.45, 2.75) is 31.8 Å². The predicted octanol–water partition coefficient (Wildman–Crippen LogP) is 3.97. The summed E-state index contributed by atoms with van der Waals surface area (Å²) in [5, 5.41) is 6.77. The van der Waals surface area contributed by atoms with E-state index in [0.29, 0.717) is 49.7 Å². The second-order valence-electron chi connectivity index (χ2n) is 9.37. The number of ether oxygens (including phenoxy) is 2. The highest BCUT2D eigenvalue weighted by molar-refractivity contribution is 5.95. The summed E-state index contributed by atoms with van der Waals surface area (Å²) in [5.74, 6) is 0.528. The van der Waals surface area contributed by atoms with Crippen LogP contribution in [0.3, 0.4) is 0 Å². The van der Waals surface area contributed by atoms with Crippen molar-refractivity contribution >= 4 is 17.9 Å². The first kappa shape index (κ1) is 24.5. The lowest BCUT2D eigenvalue weighted by Crippen LogP contribution is -2.55. The third-order valence-electron chi connectivity index (χ3n) is 7.45. The summed E-state index contributed by atoms with van der Waals surface area (Å²) in [6, 6.07) is 8.33. The number of amides is 3. The monoisotopic (exact) mass is 508 g/mol. The van der Waals surface area contributed by atoms with Crippen LogP contribution in [-0.2, 0) is 11.3 Å². The van der Waals surface area contributed by atoms with E-state index in [-0.39, 0.29) is 24.5 Å². The summed E-state index contributed by atoms with van der Waals surface area (Å²) >= 11 is 0. The fourth-order valence-corrected chi connectivity index (χ4v) is 5.22. The lowest BCUT2D eigenvalue weighted by molar-refractivity contribution is 0.0615. The van der Waals surface area contributed by atoms with E-state index in [1.165, 1.54) is 20.3 Å². The van der Waals surface area contributed by atoms with Crippen molar-refractivity contribution in [2.75, 3.05) is 38.8 Å². The molecule has 194 valence electrons. The van der Waals surface area contributed by atoms with Gasteiger partial charge >= 0.3 is 12.1 Å². The number of aromatic amines is 1. The van der Waals surface area contributed by atoms with Gasteiger partial charge in [-0.1, -0.05) is 12.1 Å². The van der Waals surface area contributed by atoms with Gasteiger partial charge in [0.05, 0.1) is 32.5 Å². The Morgan fingerprint density at radius 1 is 1.19 bits per heavy atom. The molecule has 2 aromatic heterocycles. The van der Waals surface area contributed by atoms with Crippen molar-refractivity contribution in [3.63, 3.8) is 0 Å². The first-order valence-corrected chi connectivity index (χ1v) is 12.1. The SMILES string of the molecule is COC(=O)N1CCC2(CC1)CN(c1ccc(-c3cn[nH]c3)c(OC)n1)C(=O)N2Cc1cccc(F)c1C. The number of halogens is 1. The van der Waals surface area contributed by atoms with Gasteiger partial charge in [0.15, 0.2) is 0 Å². The smallest absolute Gasteiger partial charge is 0.409 e. The summed E-state index contributed by atoms with van der Waals surface area (Å²) in [6.07, 6.45) is 4.15. The first-order valence-electron chi connectivity index (χ1n) is 12.1. The molecule has 10 nitrogen and oxygen atoms in total. The van der Waals surface area contributed by atoms with Crippen LogP contribution in [0.1, 0.15) is 24.0 Å². The number of pyridine rings is 1. The van der Waals surface area contributed by atoms with E-state index in [1.54, 1.807) is 41.2 Å². The standard InChI is InChI=1S/C26H29FN6O4/c1-17-18(5-4-6-21(17)27)15-33-24(34)32(16-26(33)9-11-31(12-10-26)25(35)37-3)22-8-7-20(23(30-22)36-2)19-13-28-29-14-19/h4-8,13-14H,9-12,15-16H2,1-3H3,(H,28,29). The number of anilines is 1. The van der Waals surface area contributed by atoms with Crippen molar-refractivity contribution in [1.29, 1.82) is 0 Å². The maximum atomic E-state index is 14.3. The Labute approximate surface area is 214 Å². The Kier molecular flexibility index (Phi) is 6.45. The van der Waals surface area contributed by atoms with Gasteiger partial charge in [0.2, 0.25) is 5.88 Å². The molecule has 1 N–H and O–H groups in total. The molecule has 2 fully saturated rings. The van der Waals surface area contributed by atoms with Crippen molar-refractivity contribution in [3.05, 3.63) is 59.7 Å². The Hall–Kier alpha value is -4.15. The van der Waals surface area contributed by atoms with Crippen LogP contribution in [0.25, 0.3) is 11.1 Å². The molecule has 0 saturated carbocycles.